The van der Waals surface area contributed by atoms with Crippen LogP contribution in [0.1, 0.15) is 25.8 Å². The predicted octanol–water partition coefficient (Wildman–Crippen LogP) is 3.37. The molecule has 0 saturated carbocycles. The van der Waals surface area contributed by atoms with Crippen molar-refractivity contribution in [1.29, 1.82) is 5.26 Å². The van der Waals surface area contributed by atoms with Crippen LogP contribution in [0, 0.1) is 29.6 Å². The smallest absolute Gasteiger partial charge is 0.0690 e. The standard InChI is InChI=1S/C15H20N2/c1-12-4-6-14(7-5-12)17-9-8-15(2,3)13(10-16)11-17/h4-7,13H,8-9,11H2,1-3H3. The molecule has 1 aromatic rings. The number of hydrogen-bond acceptors (Lipinski definition) is 2. The van der Waals surface area contributed by atoms with Gasteiger partial charge in [-0.25, -0.2) is 0 Å². The summed E-state index contributed by atoms with van der Waals surface area (Å²) in [5, 5.41) is 9.26. The fraction of sp³-hybridized carbons (Fsp3) is 0.533. The van der Waals surface area contributed by atoms with Gasteiger partial charge in [0.1, 0.15) is 0 Å². The molecule has 0 aromatic heterocycles. The van der Waals surface area contributed by atoms with Crippen molar-refractivity contribution in [2.45, 2.75) is 27.2 Å². The van der Waals surface area contributed by atoms with E-state index in [1.165, 1.54) is 11.3 Å². The van der Waals surface area contributed by atoms with Gasteiger partial charge in [0.15, 0.2) is 0 Å². The zero-order valence-electron chi connectivity index (χ0n) is 10.9. The van der Waals surface area contributed by atoms with Crippen LogP contribution in [-0.2, 0) is 0 Å². The van der Waals surface area contributed by atoms with E-state index in [1.54, 1.807) is 0 Å². The van der Waals surface area contributed by atoms with Gasteiger partial charge in [0, 0.05) is 18.8 Å². The zero-order chi connectivity index (χ0) is 12.5. The van der Waals surface area contributed by atoms with E-state index in [4.69, 9.17) is 0 Å². The Bertz CT molecular complexity index is 425. The van der Waals surface area contributed by atoms with Crippen LogP contribution in [0.2, 0.25) is 0 Å². The number of hydrogen-bond donors (Lipinski definition) is 0. The molecule has 90 valence electrons. The molecule has 2 heteroatoms. The molecule has 0 spiro atoms. The van der Waals surface area contributed by atoms with E-state index in [0.717, 1.165) is 19.5 Å². The molecule has 1 aromatic carbocycles. The highest BCUT2D eigenvalue weighted by Gasteiger charge is 2.35. The minimum Gasteiger partial charge on any atom is -0.370 e. The van der Waals surface area contributed by atoms with Crippen LogP contribution in [-0.4, -0.2) is 13.1 Å². The highest BCUT2D eigenvalue weighted by Crippen LogP contribution is 2.36. The lowest BCUT2D eigenvalue weighted by Crippen LogP contribution is -2.44. The average molecular weight is 228 g/mol. The SMILES string of the molecule is Cc1ccc(N2CCC(C)(C)C(C#N)C2)cc1. The van der Waals surface area contributed by atoms with Crippen molar-refractivity contribution in [2.75, 3.05) is 18.0 Å². The molecule has 1 saturated heterocycles. The summed E-state index contributed by atoms with van der Waals surface area (Å²) in [6.07, 6.45) is 1.08. The Kier molecular flexibility index (Phi) is 3.11. The second-order valence-corrected chi connectivity index (χ2v) is 5.70. The van der Waals surface area contributed by atoms with E-state index in [1.807, 2.05) is 0 Å². The lowest BCUT2D eigenvalue weighted by Gasteiger charge is -2.41. The minimum atomic E-state index is 0.123. The van der Waals surface area contributed by atoms with Crippen molar-refractivity contribution in [2.24, 2.45) is 11.3 Å². The lowest BCUT2D eigenvalue weighted by atomic mass is 9.74. The molecule has 0 aliphatic carbocycles. The van der Waals surface area contributed by atoms with Crippen LogP contribution in [0.3, 0.4) is 0 Å². The summed E-state index contributed by atoms with van der Waals surface area (Å²) < 4.78 is 0. The number of anilines is 1. The molecule has 1 aliphatic rings. The van der Waals surface area contributed by atoms with Crippen molar-refractivity contribution < 1.29 is 0 Å². The first-order valence-corrected chi connectivity index (χ1v) is 6.24. The molecule has 0 bridgehead atoms. The molecular weight excluding hydrogens is 208 g/mol. The van der Waals surface area contributed by atoms with Crippen molar-refractivity contribution >= 4 is 5.69 Å². The minimum absolute atomic E-state index is 0.123. The Hall–Kier alpha value is -1.49. The number of nitrogens with zero attached hydrogens (tertiary/aromatic N) is 2. The zero-order valence-corrected chi connectivity index (χ0v) is 10.9. The van der Waals surface area contributed by atoms with Gasteiger partial charge in [-0.15, -0.1) is 0 Å². The molecule has 0 N–H and O–H groups in total. The molecule has 1 heterocycles. The van der Waals surface area contributed by atoms with Crippen molar-refractivity contribution in [1.82, 2.24) is 0 Å². The molecule has 17 heavy (non-hydrogen) atoms. The first kappa shape index (κ1) is 12.0. The van der Waals surface area contributed by atoms with Crippen LogP contribution >= 0.6 is 0 Å². The van der Waals surface area contributed by atoms with Gasteiger partial charge in [0.25, 0.3) is 0 Å². The first-order valence-electron chi connectivity index (χ1n) is 6.24. The van der Waals surface area contributed by atoms with E-state index >= 15 is 0 Å². The molecule has 2 rings (SSSR count). The van der Waals surface area contributed by atoms with Crippen LogP contribution in [0.4, 0.5) is 5.69 Å². The Balaban J connectivity index is 2.15. The Morgan fingerprint density at radius 1 is 1.29 bits per heavy atom. The number of nitriles is 1. The quantitative estimate of drug-likeness (QED) is 0.737. The van der Waals surface area contributed by atoms with E-state index in [9.17, 15) is 5.26 Å². The third-order valence-electron chi connectivity index (χ3n) is 3.93. The average Bonchev–Trinajstić information content (AvgIpc) is 2.30. The number of benzene rings is 1. The number of piperidine rings is 1. The first-order chi connectivity index (χ1) is 8.03. The van der Waals surface area contributed by atoms with Crippen molar-refractivity contribution in [3.63, 3.8) is 0 Å². The van der Waals surface area contributed by atoms with Gasteiger partial charge in [0.05, 0.1) is 12.0 Å². The molecule has 1 unspecified atom stereocenters. The summed E-state index contributed by atoms with van der Waals surface area (Å²) in [4.78, 5) is 2.33. The number of aryl methyl sites for hydroxylation is 1. The lowest BCUT2D eigenvalue weighted by molar-refractivity contribution is 0.217. The fourth-order valence-electron chi connectivity index (χ4n) is 2.36. The van der Waals surface area contributed by atoms with Crippen LogP contribution in [0.5, 0.6) is 0 Å². The summed E-state index contributed by atoms with van der Waals surface area (Å²) in [6, 6.07) is 11.0. The molecule has 0 amide bonds. The third-order valence-corrected chi connectivity index (χ3v) is 3.93. The van der Waals surface area contributed by atoms with E-state index in [-0.39, 0.29) is 11.3 Å². The van der Waals surface area contributed by atoms with Crippen molar-refractivity contribution in [3.8, 4) is 6.07 Å². The predicted molar refractivity (Wildman–Crippen MR) is 70.9 cm³/mol. The second kappa shape index (κ2) is 4.41. The normalized spacial score (nSPS) is 23.2. The van der Waals surface area contributed by atoms with E-state index in [0.29, 0.717) is 0 Å². The van der Waals surface area contributed by atoms with Gasteiger partial charge in [-0.1, -0.05) is 31.5 Å². The van der Waals surface area contributed by atoms with Gasteiger partial charge in [-0.3, -0.25) is 0 Å². The Labute approximate surface area is 104 Å². The van der Waals surface area contributed by atoms with Gasteiger partial charge in [0.2, 0.25) is 0 Å². The summed E-state index contributed by atoms with van der Waals surface area (Å²) >= 11 is 0. The van der Waals surface area contributed by atoms with Crippen molar-refractivity contribution in [3.05, 3.63) is 29.8 Å². The summed E-state index contributed by atoms with van der Waals surface area (Å²) in [6.45, 7) is 8.41. The molecule has 1 fully saturated rings. The molecule has 2 nitrogen and oxygen atoms in total. The topological polar surface area (TPSA) is 27.0 Å². The van der Waals surface area contributed by atoms with Gasteiger partial charge in [-0.2, -0.15) is 5.26 Å². The Morgan fingerprint density at radius 2 is 1.94 bits per heavy atom. The molecular formula is C15H20N2. The van der Waals surface area contributed by atoms with E-state index in [2.05, 4.69) is 56.0 Å². The largest absolute Gasteiger partial charge is 0.370 e. The third kappa shape index (κ3) is 2.44. The van der Waals surface area contributed by atoms with Crippen LogP contribution < -0.4 is 4.90 Å². The summed E-state index contributed by atoms with van der Waals surface area (Å²) in [7, 11) is 0. The van der Waals surface area contributed by atoms with Gasteiger partial charge in [-0.05, 0) is 30.9 Å². The van der Waals surface area contributed by atoms with Crippen LogP contribution in [0.15, 0.2) is 24.3 Å². The molecule has 1 atom stereocenters. The maximum absolute atomic E-state index is 9.26. The second-order valence-electron chi connectivity index (χ2n) is 5.70. The Morgan fingerprint density at radius 3 is 2.53 bits per heavy atom. The van der Waals surface area contributed by atoms with Gasteiger partial charge < -0.3 is 4.90 Å². The number of rotatable bonds is 1. The van der Waals surface area contributed by atoms with Crippen LogP contribution in [0.25, 0.3) is 0 Å². The van der Waals surface area contributed by atoms with E-state index < -0.39 is 0 Å². The summed E-state index contributed by atoms with van der Waals surface area (Å²) in [5.74, 6) is 0.123. The molecule has 0 radical (unpaired) electrons. The fourth-order valence-corrected chi connectivity index (χ4v) is 2.36. The molecule has 1 aliphatic heterocycles. The maximum atomic E-state index is 9.26. The maximum Gasteiger partial charge on any atom is 0.0690 e. The monoisotopic (exact) mass is 228 g/mol. The summed E-state index contributed by atoms with van der Waals surface area (Å²) in [5.41, 5.74) is 2.67. The van der Waals surface area contributed by atoms with Gasteiger partial charge >= 0.3 is 0 Å². The highest BCUT2D eigenvalue weighted by molar-refractivity contribution is 5.48. The highest BCUT2D eigenvalue weighted by atomic mass is 15.1.